The van der Waals surface area contributed by atoms with Gasteiger partial charge in [0.2, 0.25) is 0 Å². The number of carbonyl (C=O) groups is 1. The SMILES string of the molecule is COC(=O)C1=C(C)c2c(n(C)c3ccccc23)SC1c1ccc(Br)cc1. The van der Waals surface area contributed by atoms with Crippen molar-refractivity contribution in [3.8, 4) is 0 Å². The first-order valence-corrected chi connectivity index (χ1v) is 9.99. The van der Waals surface area contributed by atoms with Crippen LogP contribution in [-0.4, -0.2) is 17.6 Å². The second-order valence-electron chi connectivity index (χ2n) is 6.34. The molecule has 2 aromatic carbocycles. The topological polar surface area (TPSA) is 31.2 Å². The summed E-state index contributed by atoms with van der Waals surface area (Å²) in [4.78, 5) is 12.7. The Hall–Kier alpha value is -1.98. The number of allylic oxidation sites excluding steroid dienone is 1. The van der Waals surface area contributed by atoms with Gasteiger partial charge in [-0.15, -0.1) is 0 Å². The lowest BCUT2D eigenvalue weighted by Gasteiger charge is -2.27. The highest BCUT2D eigenvalue weighted by molar-refractivity contribution is 9.10. The molecule has 0 radical (unpaired) electrons. The van der Waals surface area contributed by atoms with Crippen molar-refractivity contribution in [2.24, 2.45) is 7.05 Å². The molecule has 0 spiro atoms. The summed E-state index contributed by atoms with van der Waals surface area (Å²) in [6.07, 6.45) is 0. The number of aryl methyl sites for hydroxylation is 1. The number of ether oxygens (including phenoxy) is 1. The second-order valence-corrected chi connectivity index (χ2v) is 8.35. The Bertz CT molecular complexity index is 1050. The molecule has 2 heterocycles. The lowest BCUT2D eigenvalue weighted by Crippen LogP contribution is -2.16. The van der Waals surface area contributed by atoms with Crippen molar-refractivity contribution in [3.05, 3.63) is 69.7 Å². The Kier molecular flexibility index (Phi) is 4.45. The third-order valence-electron chi connectivity index (χ3n) is 4.90. The van der Waals surface area contributed by atoms with Crippen molar-refractivity contribution in [3.63, 3.8) is 0 Å². The molecule has 0 saturated carbocycles. The second kappa shape index (κ2) is 6.63. The number of nitrogens with zero attached hydrogens (tertiary/aromatic N) is 1. The number of carbonyl (C=O) groups excluding carboxylic acids is 1. The van der Waals surface area contributed by atoms with E-state index in [2.05, 4.69) is 51.8 Å². The Balaban J connectivity index is 1.99. The van der Waals surface area contributed by atoms with Crippen molar-refractivity contribution in [1.29, 1.82) is 0 Å². The molecule has 0 fully saturated rings. The zero-order valence-electron chi connectivity index (χ0n) is 14.7. The van der Waals surface area contributed by atoms with Crippen LogP contribution < -0.4 is 0 Å². The summed E-state index contributed by atoms with van der Waals surface area (Å²) < 4.78 is 8.39. The number of fused-ring (bicyclic) bond motifs is 3. The number of benzene rings is 2. The molecule has 0 aliphatic carbocycles. The minimum absolute atomic E-state index is 0.0916. The van der Waals surface area contributed by atoms with Gasteiger partial charge in [-0.05, 0) is 36.3 Å². The Morgan fingerprint density at radius 1 is 1.15 bits per heavy atom. The van der Waals surface area contributed by atoms with Crippen molar-refractivity contribution >= 4 is 50.1 Å². The van der Waals surface area contributed by atoms with Gasteiger partial charge in [-0.1, -0.05) is 58.0 Å². The van der Waals surface area contributed by atoms with Gasteiger partial charge in [-0.3, -0.25) is 0 Å². The summed E-state index contributed by atoms with van der Waals surface area (Å²) in [6.45, 7) is 2.03. The molecule has 26 heavy (non-hydrogen) atoms. The fourth-order valence-corrected chi connectivity index (χ4v) is 5.42. The number of thioether (sulfide) groups is 1. The molecular weight excluding hydrogens is 410 g/mol. The minimum Gasteiger partial charge on any atom is -0.466 e. The number of methoxy groups -OCH3 is 1. The zero-order valence-corrected chi connectivity index (χ0v) is 17.1. The molecule has 1 aromatic heterocycles. The van der Waals surface area contributed by atoms with E-state index >= 15 is 0 Å². The standard InChI is InChI=1S/C21H18BrNO2S/c1-12-17-15-6-4-5-7-16(15)23(2)20(17)26-19(18(12)21(24)25-3)13-8-10-14(22)11-9-13/h4-11,19H,1-3H3. The molecule has 0 N–H and O–H groups in total. The van der Waals surface area contributed by atoms with Crippen molar-refractivity contribution in [1.82, 2.24) is 4.57 Å². The molecule has 0 amide bonds. The summed E-state index contributed by atoms with van der Waals surface area (Å²) >= 11 is 5.20. The zero-order chi connectivity index (χ0) is 18.4. The minimum atomic E-state index is -0.262. The maximum absolute atomic E-state index is 12.7. The van der Waals surface area contributed by atoms with E-state index in [-0.39, 0.29) is 11.2 Å². The van der Waals surface area contributed by atoms with E-state index < -0.39 is 0 Å². The third-order valence-corrected chi connectivity index (χ3v) is 6.88. The predicted octanol–water partition coefficient (Wildman–Crippen LogP) is 5.73. The van der Waals surface area contributed by atoms with E-state index in [0.717, 1.165) is 26.7 Å². The number of rotatable bonds is 2. The van der Waals surface area contributed by atoms with Crippen LogP contribution in [-0.2, 0) is 16.6 Å². The van der Waals surface area contributed by atoms with E-state index in [4.69, 9.17) is 4.74 Å². The number of aromatic nitrogens is 1. The molecule has 0 saturated heterocycles. The van der Waals surface area contributed by atoms with Crippen LogP contribution in [0.2, 0.25) is 0 Å². The lowest BCUT2D eigenvalue weighted by atomic mass is 9.94. The van der Waals surface area contributed by atoms with Crippen LogP contribution in [0.25, 0.3) is 16.5 Å². The highest BCUT2D eigenvalue weighted by atomic mass is 79.9. The van der Waals surface area contributed by atoms with Crippen LogP contribution in [0.15, 0.2) is 63.6 Å². The van der Waals surface area contributed by atoms with Gasteiger partial charge in [-0.2, -0.15) is 0 Å². The maximum atomic E-state index is 12.7. The molecule has 3 aromatic rings. The van der Waals surface area contributed by atoms with Gasteiger partial charge in [0.15, 0.2) is 0 Å². The quantitative estimate of drug-likeness (QED) is 0.488. The maximum Gasteiger partial charge on any atom is 0.335 e. The van der Waals surface area contributed by atoms with Gasteiger partial charge < -0.3 is 9.30 Å². The van der Waals surface area contributed by atoms with E-state index in [1.165, 1.54) is 23.0 Å². The fraction of sp³-hybridized carbons (Fsp3) is 0.190. The first-order valence-electron chi connectivity index (χ1n) is 8.32. The van der Waals surface area contributed by atoms with Gasteiger partial charge in [0.1, 0.15) is 0 Å². The summed E-state index contributed by atoms with van der Waals surface area (Å²) in [5.74, 6) is -0.262. The van der Waals surface area contributed by atoms with Crippen LogP contribution in [0.4, 0.5) is 0 Å². The van der Waals surface area contributed by atoms with Crippen LogP contribution >= 0.6 is 27.7 Å². The van der Waals surface area contributed by atoms with Gasteiger partial charge in [0.05, 0.1) is 23.0 Å². The van der Waals surface area contributed by atoms with E-state index in [9.17, 15) is 4.79 Å². The number of esters is 1. The van der Waals surface area contributed by atoms with E-state index in [1.807, 2.05) is 31.2 Å². The molecule has 1 atom stereocenters. The highest BCUT2D eigenvalue weighted by Crippen LogP contribution is 2.52. The first-order chi connectivity index (χ1) is 12.5. The van der Waals surface area contributed by atoms with Crippen LogP contribution in [0.3, 0.4) is 0 Å². The predicted molar refractivity (Wildman–Crippen MR) is 110 cm³/mol. The summed E-state index contributed by atoms with van der Waals surface area (Å²) in [6, 6.07) is 16.5. The highest BCUT2D eigenvalue weighted by Gasteiger charge is 2.35. The van der Waals surface area contributed by atoms with Crippen LogP contribution in [0, 0.1) is 0 Å². The smallest absolute Gasteiger partial charge is 0.335 e. The average molecular weight is 428 g/mol. The van der Waals surface area contributed by atoms with Gasteiger partial charge in [0.25, 0.3) is 0 Å². The Labute approximate surface area is 165 Å². The molecular formula is C21H18BrNO2S. The molecule has 5 heteroatoms. The van der Waals surface area contributed by atoms with Crippen LogP contribution in [0.5, 0.6) is 0 Å². The number of hydrogen-bond donors (Lipinski definition) is 0. The normalized spacial score (nSPS) is 16.7. The molecule has 3 nitrogen and oxygen atoms in total. The number of hydrogen-bond acceptors (Lipinski definition) is 3. The molecule has 132 valence electrons. The Morgan fingerprint density at radius 2 is 1.85 bits per heavy atom. The van der Waals surface area contributed by atoms with Gasteiger partial charge >= 0.3 is 5.97 Å². The number of para-hydroxylation sites is 1. The van der Waals surface area contributed by atoms with Gasteiger partial charge in [-0.25, -0.2) is 4.79 Å². The van der Waals surface area contributed by atoms with Crippen LogP contribution in [0.1, 0.15) is 23.3 Å². The number of halogens is 1. The van der Waals surface area contributed by atoms with Crippen molar-refractivity contribution in [2.45, 2.75) is 17.2 Å². The summed E-state index contributed by atoms with van der Waals surface area (Å²) in [5.41, 5.74) is 5.12. The van der Waals surface area contributed by atoms with E-state index in [0.29, 0.717) is 0 Å². The van der Waals surface area contributed by atoms with Crippen molar-refractivity contribution < 1.29 is 9.53 Å². The third kappa shape index (κ3) is 2.61. The molecule has 1 aliphatic heterocycles. The summed E-state index contributed by atoms with van der Waals surface area (Å²) in [7, 11) is 3.54. The lowest BCUT2D eigenvalue weighted by molar-refractivity contribution is -0.136. The summed E-state index contributed by atoms with van der Waals surface area (Å²) in [5, 5.41) is 2.26. The molecule has 1 aliphatic rings. The molecule has 0 bridgehead atoms. The molecule has 4 rings (SSSR count). The Morgan fingerprint density at radius 3 is 2.54 bits per heavy atom. The monoisotopic (exact) mass is 427 g/mol. The van der Waals surface area contributed by atoms with Gasteiger partial charge in [0, 0.05) is 28.0 Å². The van der Waals surface area contributed by atoms with Crippen molar-refractivity contribution in [2.75, 3.05) is 7.11 Å². The molecule has 1 unspecified atom stereocenters. The largest absolute Gasteiger partial charge is 0.466 e. The fourth-order valence-electron chi connectivity index (χ4n) is 3.61. The first kappa shape index (κ1) is 17.4. The van der Waals surface area contributed by atoms with E-state index in [1.54, 1.807) is 11.8 Å². The average Bonchev–Trinajstić information content (AvgIpc) is 2.95.